The molecule has 0 nitrogen and oxygen atoms in total. The lowest BCUT2D eigenvalue weighted by atomic mass is 9.77. The van der Waals surface area contributed by atoms with E-state index < -0.39 is 0 Å². The van der Waals surface area contributed by atoms with Crippen LogP contribution in [0.4, 0.5) is 0 Å². The van der Waals surface area contributed by atoms with Crippen LogP contribution in [0.5, 0.6) is 0 Å². The minimum atomic E-state index is 0.963. The van der Waals surface area contributed by atoms with Gasteiger partial charge < -0.3 is 0 Å². The standard InChI is InChI=1S/C24H48/c1-5-11-21(3)13-8-7-9-15-23-17-19-24(20-18-23)16-10-14-22(4)12-6-2/h21-24H,5-20H2,1-4H3. The first kappa shape index (κ1) is 22.0. The van der Waals surface area contributed by atoms with Gasteiger partial charge in [0.2, 0.25) is 0 Å². The van der Waals surface area contributed by atoms with Crippen LogP contribution in [0.3, 0.4) is 0 Å². The average Bonchev–Trinajstić information content (AvgIpc) is 2.56. The minimum absolute atomic E-state index is 0.963. The first-order chi connectivity index (χ1) is 11.7. The normalized spacial score (nSPS) is 24.0. The largest absolute Gasteiger partial charge is 0.0654 e. The molecule has 0 aromatic heterocycles. The van der Waals surface area contributed by atoms with Gasteiger partial charge >= 0.3 is 0 Å². The van der Waals surface area contributed by atoms with Crippen LogP contribution in [0.2, 0.25) is 0 Å². The highest BCUT2D eigenvalue weighted by Gasteiger charge is 2.20. The molecule has 0 radical (unpaired) electrons. The monoisotopic (exact) mass is 336 g/mol. The number of hydrogen-bond acceptors (Lipinski definition) is 0. The van der Waals surface area contributed by atoms with Crippen molar-refractivity contribution in [2.75, 3.05) is 0 Å². The van der Waals surface area contributed by atoms with Gasteiger partial charge in [-0.25, -0.2) is 0 Å². The van der Waals surface area contributed by atoms with Gasteiger partial charge in [0.25, 0.3) is 0 Å². The van der Waals surface area contributed by atoms with E-state index in [-0.39, 0.29) is 0 Å². The Morgan fingerprint density at radius 2 is 1.04 bits per heavy atom. The molecule has 0 amide bonds. The van der Waals surface area contributed by atoms with Gasteiger partial charge in [0, 0.05) is 0 Å². The van der Waals surface area contributed by atoms with Gasteiger partial charge in [-0.05, 0) is 23.7 Å². The molecular weight excluding hydrogens is 288 g/mol. The molecule has 2 unspecified atom stereocenters. The highest BCUT2D eigenvalue weighted by molar-refractivity contribution is 4.73. The zero-order valence-corrected chi connectivity index (χ0v) is 17.6. The van der Waals surface area contributed by atoms with Crippen molar-refractivity contribution >= 4 is 0 Å². The van der Waals surface area contributed by atoms with E-state index >= 15 is 0 Å². The second-order valence-corrected chi connectivity index (χ2v) is 9.24. The number of hydrogen-bond donors (Lipinski definition) is 0. The van der Waals surface area contributed by atoms with Gasteiger partial charge in [-0.2, -0.15) is 0 Å². The van der Waals surface area contributed by atoms with Gasteiger partial charge in [0.15, 0.2) is 0 Å². The van der Waals surface area contributed by atoms with E-state index in [1.54, 1.807) is 25.7 Å². The Bertz CT molecular complexity index is 261. The van der Waals surface area contributed by atoms with Crippen LogP contribution in [0.15, 0.2) is 0 Å². The maximum atomic E-state index is 2.45. The second kappa shape index (κ2) is 14.2. The van der Waals surface area contributed by atoms with Gasteiger partial charge in [0.05, 0.1) is 0 Å². The molecule has 0 heterocycles. The Balaban J connectivity index is 1.95. The minimum Gasteiger partial charge on any atom is -0.0654 e. The van der Waals surface area contributed by atoms with Gasteiger partial charge in [-0.3, -0.25) is 0 Å². The fourth-order valence-electron chi connectivity index (χ4n) is 4.94. The molecular formula is C24H48. The van der Waals surface area contributed by atoms with E-state index in [1.165, 1.54) is 77.0 Å². The summed E-state index contributed by atoms with van der Waals surface area (Å²) in [5.74, 6) is 4.08. The summed E-state index contributed by atoms with van der Waals surface area (Å²) in [7, 11) is 0. The highest BCUT2D eigenvalue weighted by Crippen LogP contribution is 2.35. The fraction of sp³-hybridized carbons (Fsp3) is 1.00. The predicted molar refractivity (Wildman–Crippen MR) is 111 cm³/mol. The maximum absolute atomic E-state index is 2.45. The molecule has 0 aromatic rings. The third-order valence-corrected chi connectivity index (χ3v) is 6.65. The van der Waals surface area contributed by atoms with E-state index in [0.29, 0.717) is 0 Å². The van der Waals surface area contributed by atoms with E-state index in [9.17, 15) is 0 Å². The molecule has 0 aromatic carbocycles. The lowest BCUT2D eigenvalue weighted by Gasteiger charge is -2.29. The van der Waals surface area contributed by atoms with Crippen molar-refractivity contribution in [1.82, 2.24) is 0 Å². The first-order valence-electron chi connectivity index (χ1n) is 11.7. The van der Waals surface area contributed by atoms with Crippen LogP contribution in [0.25, 0.3) is 0 Å². The Hall–Kier alpha value is 0. The van der Waals surface area contributed by atoms with E-state index in [4.69, 9.17) is 0 Å². The Morgan fingerprint density at radius 3 is 1.54 bits per heavy atom. The molecule has 1 saturated carbocycles. The zero-order valence-electron chi connectivity index (χ0n) is 17.6. The first-order valence-corrected chi connectivity index (χ1v) is 11.7. The van der Waals surface area contributed by atoms with Crippen molar-refractivity contribution < 1.29 is 0 Å². The summed E-state index contributed by atoms with van der Waals surface area (Å²) in [5, 5.41) is 0. The third-order valence-electron chi connectivity index (χ3n) is 6.65. The molecule has 1 aliphatic rings. The molecule has 0 N–H and O–H groups in total. The molecule has 1 rings (SSSR count). The summed E-state index contributed by atoms with van der Waals surface area (Å²) in [5.41, 5.74) is 0. The summed E-state index contributed by atoms with van der Waals surface area (Å²) in [4.78, 5) is 0. The molecule has 2 atom stereocenters. The smallest absolute Gasteiger partial charge is 0.0414 e. The Morgan fingerprint density at radius 1 is 0.583 bits per heavy atom. The van der Waals surface area contributed by atoms with Crippen molar-refractivity contribution in [1.29, 1.82) is 0 Å². The highest BCUT2D eigenvalue weighted by atomic mass is 14.3. The van der Waals surface area contributed by atoms with Crippen LogP contribution in [0, 0.1) is 23.7 Å². The van der Waals surface area contributed by atoms with Gasteiger partial charge in [0.1, 0.15) is 0 Å². The Kier molecular flexibility index (Phi) is 13.0. The average molecular weight is 337 g/mol. The molecule has 144 valence electrons. The molecule has 0 heteroatoms. The Labute approximate surface area is 154 Å². The molecule has 1 fully saturated rings. The molecule has 0 bridgehead atoms. The van der Waals surface area contributed by atoms with Crippen LogP contribution in [-0.2, 0) is 0 Å². The third kappa shape index (κ3) is 10.8. The van der Waals surface area contributed by atoms with E-state index in [0.717, 1.165) is 23.7 Å². The molecule has 0 aliphatic heterocycles. The summed E-state index contributed by atoms with van der Waals surface area (Å²) in [6, 6.07) is 0. The van der Waals surface area contributed by atoms with Crippen LogP contribution >= 0.6 is 0 Å². The van der Waals surface area contributed by atoms with Crippen LogP contribution < -0.4 is 0 Å². The molecule has 1 aliphatic carbocycles. The van der Waals surface area contributed by atoms with Crippen molar-refractivity contribution in [3.05, 3.63) is 0 Å². The quantitative estimate of drug-likeness (QED) is 0.278. The van der Waals surface area contributed by atoms with Gasteiger partial charge in [-0.15, -0.1) is 0 Å². The molecule has 0 saturated heterocycles. The maximum Gasteiger partial charge on any atom is -0.0414 e. The van der Waals surface area contributed by atoms with Crippen molar-refractivity contribution in [3.8, 4) is 0 Å². The summed E-state index contributed by atoms with van der Waals surface area (Å²) >= 11 is 0. The van der Waals surface area contributed by atoms with Crippen molar-refractivity contribution in [2.24, 2.45) is 23.7 Å². The van der Waals surface area contributed by atoms with E-state index in [2.05, 4.69) is 27.7 Å². The second-order valence-electron chi connectivity index (χ2n) is 9.24. The number of rotatable bonds is 14. The van der Waals surface area contributed by atoms with Crippen LogP contribution in [-0.4, -0.2) is 0 Å². The summed E-state index contributed by atoms with van der Waals surface area (Å²) in [6.07, 6.45) is 23.7. The molecule has 0 spiro atoms. The summed E-state index contributed by atoms with van der Waals surface area (Å²) < 4.78 is 0. The summed E-state index contributed by atoms with van der Waals surface area (Å²) in [6.45, 7) is 9.53. The van der Waals surface area contributed by atoms with Gasteiger partial charge in [-0.1, -0.05) is 130 Å². The van der Waals surface area contributed by atoms with Crippen molar-refractivity contribution in [3.63, 3.8) is 0 Å². The SMILES string of the molecule is CCCC(C)CCCCCC1CCC(CCCC(C)CCC)CC1. The molecule has 24 heavy (non-hydrogen) atoms. The van der Waals surface area contributed by atoms with Crippen LogP contribution in [0.1, 0.15) is 130 Å². The topological polar surface area (TPSA) is 0 Å². The lowest BCUT2D eigenvalue weighted by molar-refractivity contribution is 0.241. The number of unbranched alkanes of at least 4 members (excludes halogenated alkanes) is 2. The van der Waals surface area contributed by atoms with Crippen molar-refractivity contribution in [2.45, 2.75) is 130 Å². The fourth-order valence-corrected chi connectivity index (χ4v) is 4.94. The predicted octanol–water partition coefficient (Wildman–Crippen LogP) is 8.79. The van der Waals surface area contributed by atoms with E-state index in [1.807, 2.05) is 0 Å². The lowest BCUT2D eigenvalue weighted by Crippen LogP contribution is -2.14. The zero-order chi connectivity index (χ0) is 17.6.